The quantitative estimate of drug-likeness (QED) is 0.628. The summed E-state index contributed by atoms with van der Waals surface area (Å²) in [6, 6.07) is 0.0853. The number of carbonyl (C=O) groups excluding carboxylic acids is 1. The van der Waals surface area contributed by atoms with Crippen molar-refractivity contribution in [3.63, 3.8) is 0 Å². The van der Waals surface area contributed by atoms with Gasteiger partial charge in [-0.1, -0.05) is 0 Å². The molecule has 1 unspecified atom stereocenters. The molecule has 0 amide bonds. The molecule has 1 N–H and O–H groups in total. The highest BCUT2D eigenvalue weighted by atomic mass is 16.3. The lowest BCUT2D eigenvalue weighted by atomic mass is 10.1. The molecule has 0 saturated carbocycles. The molecule has 0 aromatic rings. The maximum atomic E-state index is 11.0. The van der Waals surface area contributed by atoms with Crippen LogP contribution in [0.3, 0.4) is 0 Å². The fraction of sp³-hybridized carbons (Fsp3) is 0.875. The van der Waals surface area contributed by atoms with Gasteiger partial charge in [-0.3, -0.25) is 9.69 Å². The molecule has 11 heavy (non-hydrogen) atoms. The van der Waals surface area contributed by atoms with E-state index in [2.05, 4.69) is 4.90 Å². The number of aliphatic hydroxyl groups excluding tert-OH is 1. The zero-order valence-electron chi connectivity index (χ0n) is 6.92. The minimum absolute atomic E-state index is 0.0853. The van der Waals surface area contributed by atoms with Crippen molar-refractivity contribution in [2.45, 2.75) is 25.8 Å². The Balaban J connectivity index is 2.44. The second-order valence-corrected chi connectivity index (χ2v) is 3.03. The zero-order chi connectivity index (χ0) is 8.27. The van der Waals surface area contributed by atoms with Crippen LogP contribution in [0.5, 0.6) is 0 Å². The predicted octanol–water partition coefficient (Wildman–Crippen LogP) is 0.0321. The fourth-order valence-corrected chi connectivity index (χ4v) is 1.68. The van der Waals surface area contributed by atoms with Crippen molar-refractivity contribution in [3.05, 3.63) is 0 Å². The third-order valence-corrected chi connectivity index (χ3v) is 2.22. The third-order valence-electron chi connectivity index (χ3n) is 2.22. The Morgan fingerprint density at radius 2 is 2.45 bits per heavy atom. The third kappa shape index (κ3) is 2.01. The average molecular weight is 157 g/mol. The minimum atomic E-state index is 0.0853. The van der Waals surface area contributed by atoms with Gasteiger partial charge < -0.3 is 5.11 Å². The lowest BCUT2D eigenvalue weighted by molar-refractivity contribution is -0.121. The molecule has 3 nitrogen and oxygen atoms in total. The Kier molecular flexibility index (Phi) is 3.02. The first kappa shape index (κ1) is 8.68. The summed E-state index contributed by atoms with van der Waals surface area (Å²) in [6.45, 7) is 3.39. The van der Waals surface area contributed by atoms with Crippen LogP contribution in [0.4, 0.5) is 0 Å². The summed E-state index contributed by atoms with van der Waals surface area (Å²) in [5.41, 5.74) is 0. The summed E-state index contributed by atoms with van der Waals surface area (Å²) in [7, 11) is 0. The van der Waals surface area contributed by atoms with Gasteiger partial charge in [-0.05, 0) is 26.3 Å². The van der Waals surface area contributed by atoms with Gasteiger partial charge in [0.1, 0.15) is 5.78 Å². The number of aliphatic hydroxyl groups is 1. The molecule has 1 rings (SSSR count). The first-order chi connectivity index (χ1) is 5.25. The topological polar surface area (TPSA) is 40.5 Å². The van der Waals surface area contributed by atoms with E-state index in [1.54, 1.807) is 6.92 Å². The molecule has 1 aliphatic rings. The van der Waals surface area contributed by atoms with Gasteiger partial charge in [0, 0.05) is 6.54 Å². The van der Waals surface area contributed by atoms with Crippen molar-refractivity contribution >= 4 is 5.78 Å². The molecular formula is C8H15NO2. The van der Waals surface area contributed by atoms with Crippen LogP contribution < -0.4 is 0 Å². The molecule has 1 aliphatic heterocycles. The maximum Gasteiger partial charge on any atom is 0.146 e. The fourth-order valence-electron chi connectivity index (χ4n) is 1.68. The number of rotatable bonds is 3. The van der Waals surface area contributed by atoms with Gasteiger partial charge >= 0.3 is 0 Å². The van der Waals surface area contributed by atoms with Gasteiger partial charge in [-0.15, -0.1) is 0 Å². The van der Waals surface area contributed by atoms with E-state index in [1.807, 2.05) is 0 Å². The molecule has 0 aromatic heterocycles. The molecule has 0 radical (unpaired) electrons. The zero-order valence-corrected chi connectivity index (χ0v) is 6.92. The summed E-state index contributed by atoms with van der Waals surface area (Å²) < 4.78 is 0. The van der Waals surface area contributed by atoms with Crippen molar-refractivity contribution in [3.8, 4) is 0 Å². The molecule has 0 spiro atoms. The van der Waals surface area contributed by atoms with E-state index in [9.17, 15) is 4.79 Å². The second-order valence-electron chi connectivity index (χ2n) is 3.03. The van der Waals surface area contributed by atoms with Crippen LogP contribution in [0.15, 0.2) is 0 Å². The summed E-state index contributed by atoms with van der Waals surface area (Å²) >= 11 is 0. The largest absolute Gasteiger partial charge is 0.395 e. The number of carbonyl (C=O) groups is 1. The van der Waals surface area contributed by atoms with Gasteiger partial charge in [-0.25, -0.2) is 0 Å². The van der Waals surface area contributed by atoms with E-state index < -0.39 is 0 Å². The van der Waals surface area contributed by atoms with E-state index in [4.69, 9.17) is 5.11 Å². The van der Waals surface area contributed by atoms with Gasteiger partial charge in [0.05, 0.1) is 12.6 Å². The highest BCUT2D eigenvalue weighted by molar-refractivity contribution is 5.81. The van der Waals surface area contributed by atoms with Gasteiger partial charge in [-0.2, -0.15) is 0 Å². The van der Waals surface area contributed by atoms with Crippen molar-refractivity contribution in [1.82, 2.24) is 4.90 Å². The molecule has 1 atom stereocenters. The number of hydrogen-bond acceptors (Lipinski definition) is 3. The van der Waals surface area contributed by atoms with Gasteiger partial charge in [0.25, 0.3) is 0 Å². The van der Waals surface area contributed by atoms with Crippen molar-refractivity contribution in [1.29, 1.82) is 0 Å². The van der Waals surface area contributed by atoms with Crippen molar-refractivity contribution in [2.75, 3.05) is 19.7 Å². The Labute approximate surface area is 67.0 Å². The molecule has 1 heterocycles. The number of hydrogen-bond donors (Lipinski definition) is 1. The van der Waals surface area contributed by atoms with E-state index in [0.29, 0.717) is 6.54 Å². The first-order valence-corrected chi connectivity index (χ1v) is 4.11. The Morgan fingerprint density at radius 3 is 3.00 bits per heavy atom. The monoisotopic (exact) mass is 157 g/mol. The lowest BCUT2D eigenvalue weighted by Gasteiger charge is -2.20. The Morgan fingerprint density at radius 1 is 1.73 bits per heavy atom. The average Bonchev–Trinajstić information content (AvgIpc) is 2.36. The second kappa shape index (κ2) is 3.83. The van der Waals surface area contributed by atoms with Crippen LogP contribution in [0.1, 0.15) is 19.8 Å². The minimum Gasteiger partial charge on any atom is -0.395 e. The molecule has 0 bridgehead atoms. The van der Waals surface area contributed by atoms with Gasteiger partial charge in [0.15, 0.2) is 0 Å². The first-order valence-electron chi connectivity index (χ1n) is 4.11. The van der Waals surface area contributed by atoms with Crippen LogP contribution in [-0.4, -0.2) is 41.5 Å². The Hall–Kier alpha value is -0.410. The molecule has 1 fully saturated rings. The van der Waals surface area contributed by atoms with E-state index in [0.717, 1.165) is 19.4 Å². The molecule has 3 heteroatoms. The number of ketones is 1. The molecular weight excluding hydrogens is 142 g/mol. The van der Waals surface area contributed by atoms with Crippen LogP contribution in [0.25, 0.3) is 0 Å². The van der Waals surface area contributed by atoms with Crippen LogP contribution in [-0.2, 0) is 4.79 Å². The van der Waals surface area contributed by atoms with Crippen LogP contribution in [0, 0.1) is 0 Å². The predicted molar refractivity (Wildman–Crippen MR) is 42.4 cm³/mol. The van der Waals surface area contributed by atoms with E-state index >= 15 is 0 Å². The number of Topliss-reactive ketones (excluding diaryl/α,β-unsaturated/α-hetero) is 1. The Bertz CT molecular complexity index is 147. The smallest absolute Gasteiger partial charge is 0.146 e. The summed E-state index contributed by atoms with van der Waals surface area (Å²) in [6.07, 6.45) is 2.06. The highest BCUT2D eigenvalue weighted by Gasteiger charge is 2.26. The highest BCUT2D eigenvalue weighted by Crippen LogP contribution is 2.16. The van der Waals surface area contributed by atoms with Crippen molar-refractivity contribution < 1.29 is 9.90 Å². The van der Waals surface area contributed by atoms with Crippen LogP contribution in [0.2, 0.25) is 0 Å². The normalized spacial score (nSPS) is 25.8. The molecule has 1 saturated heterocycles. The van der Waals surface area contributed by atoms with E-state index in [1.165, 1.54) is 0 Å². The summed E-state index contributed by atoms with van der Waals surface area (Å²) in [5, 5.41) is 8.67. The summed E-state index contributed by atoms with van der Waals surface area (Å²) in [4.78, 5) is 13.1. The maximum absolute atomic E-state index is 11.0. The van der Waals surface area contributed by atoms with Gasteiger partial charge in [0.2, 0.25) is 0 Å². The number of nitrogens with zero attached hydrogens (tertiary/aromatic N) is 1. The molecule has 64 valence electrons. The van der Waals surface area contributed by atoms with Crippen LogP contribution >= 0.6 is 0 Å². The standard InChI is InChI=1S/C8H15NO2/c1-7(11)8-3-2-4-9(8)5-6-10/h8,10H,2-6H2,1H3. The SMILES string of the molecule is CC(=O)C1CCCN1CCO. The lowest BCUT2D eigenvalue weighted by Crippen LogP contribution is -2.36. The van der Waals surface area contributed by atoms with Crippen molar-refractivity contribution in [2.24, 2.45) is 0 Å². The number of β-amino-alcohol motifs (C(OH)–C–C–N with tert-alkyl or cyclic N) is 1. The molecule has 0 aliphatic carbocycles. The number of likely N-dealkylation sites (tertiary alicyclic amines) is 1. The molecule has 0 aromatic carbocycles. The van der Waals surface area contributed by atoms with E-state index in [-0.39, 0.29) is 18.4 Å². The summed E-state index contributed by atoms with van der Waals surface area (Å²) in [5.74, 6) is 0.232.